The highest BCUT2D eigenvalue weighted by Crippen LogP contribution is 2.66. The highest BCUT2D eigenvalue weighted by molar-refractivity contribution is 7.00. The van der Waals surface area contributed by atoms with Crippen LogP contribution in [0.15, 0.2) is 152 Å². The van der Waals surface area contributed by atoms with Crippen molar-refractivity contribution >= 4 is 62.9 Å². The minimum Gasteiger partial charge on any atom is -0.335 e. The largest absolute Gasteiger partial charge is 0.335 e. The van der Waals surface area contributed by atoms with Gasteiger partial charge < -0.3 is 14.7 Å². The number of hydrogen-bond acceptors (Lipinski definition) is 3. The van der Waals surface area contributed by atoms with Crippen LogP contribution < -0.4 is 31.1 Å². The van der Waals surface area contributed by atoms with Gasteiger partial charge >= 0.3 is 0 Å². The van der Waals surface area contributed by atoms with Gasteiger partial charge in [-0.25, -0.2) is 0 Å². The van der Waals surface area contributed by atoms with Crippen LogP contribution in [0.5, 0.6) is 0 Å². The van der Waals surface area contributed by atoms with Crippen LogP contribution in [0.2, 0.25) is 0 Å². The minimum atomic E-state index is -0.198. The van der Waals surface area contributed by atoms with Crippen LogP contribution >= 0.6 is 0 Å². The molecule has 0 aromatic heterocycles. The molecule has 2 aliphatic carbocycles. The third-order valence-corrected chi connectivity index (χ3v) is 19.0. The molecule has 3 nitrogen and oxygen atoms in total. The fourth-order valence-electron chi connectivity index (χ4n) is 15.3. The molecule has 13 rings (SSSR count). The molecule has 0 saturated heterocycles. The molecule has 0 spiro atoms. The molecular formula is C65H68BN3. The number of hydrogen-bond donors (Lipinski definition) is 0. The van der Waals surface area contributed by atoms with Gasteiger partial charge in [-0.2, -0.15) is 0 Å². The standard InChI is InChI=1S/C65H68BN3/c1-60(2,3)45-31-33-53(48(39-45)43-23-12-10-13-24-43)67-55-34-32-46(61(4,5)6)40-52(55)66-51-29-22-28-50-59(51)69(64(9)37-20-21-38-65(50,64)44-25-14-11-15-26-44)57-42-47(41-56(67)58(57)66)68-54-30-17-16-27-49(54)62(7)35-18-19-36-63(62,68)8/h10-17,22-34,39-42H,18-21,35-38H2,1-9H3. The van der Waals surface area contributed by atoms with Gasteiger partial charge in [0.1, 0.15) is 0 Å². The number of anilines is 7. The average molecular weight is 902 g/mol. The van der Waals surface area contributed by atoms with Gasteiger partial charge in [-0.1, -0.05) is 189 Å². The molecule has 4 aliphatic heterocycles. The van der Waals surface area contributed by atoms with E-state index in [9.17, 15) is 0 Å². The lowest BCUT2D eigenvalue weighted by Crippen LogP contribution is -2.65. The summed E-state index contributed by atoms with van der Waals surface area (Å²) in [5.41, 5.74) is 22.9. The molecule has 7 aromatic rings. The van der Waals surface area contributed by atoms with Crippen molar-refractivity contribution in [3.63, 3.8) is 0 Å². The zero-order chi connectivity index (χ0) is 47.5. The van der Waals surface area contributed by atoms with Crippen molar-refractivity contribution in [2.75, 3.05) is 14.7 Å². The molecular weight excluding hydrogens is 834 g/mol. The fourth-order valence-corrected chi connectivity index (χ4v) is 15.3. The Kier molecular flexibility index (Phi) is 9.07. The van der Waals surface area contributed by atoms with E-state index < -0.39 is 0 Å². The van der Waals surface area contributed by atoms with Crippen LogP contribution in [-0.4, -0.2) is 17.8 Å². The number of fused-ring (bicyclic) bond motifs is 10. The van der Waals surface area contributed by atoms with Gasteiger partial charge in [-0.15, -0.1) is 0 Å². The van der Waals surface area contributed by atoms with E-state index in [2.05, 4.69) is 229 Å². The number of para-hydroxylation sites is 2. The Hall–Kier alpha value is -6.00. The van der Waals surface area contributed by atoms with Crippen LogP contribution in [0, 0.1) is 0 Å². The van der Waals surface area contributed by atoms with E-state index in [0.717, 1.165) is 19.3 Å². The van der Waals surface area contributed by atoms with Gasteiger partial charge in [0, 0.05) is 50.5 Å². The first-order valence-corrected chi connectivity index (χ1v) is 26.3. The van der Waals surface area contributed by atoms with Gasteiger partial charge in [0.2, 0.25) is 0 Å². The van der Waals surface area contributed by atoms with E-state index in [0.29, 0.717) is 0 Å². The maximum Gasteiger partial charge on any atom is 0.252 e. The number of nitrogens with zero attached hydrogens (tertiary/aromatic N) is 3. The van der Waals surface area contributed by atoms with Crippen LogP contribution in [0.3, 0.4) is 0 Å². The summed E-state index contributed by atoms with van der Waals surface area (Å²) in [6.07, 6.45) is 9.59. The average Bonchev–Trinajstić information content (AvgIpc) is 3.72. The molecule has 4 unspecified atom stereocenters. The van der Waals surface area contributed by atoms with Gasteiger partial charge in [0.15, 0.2) is 0 Å². The van der Waals surface area contributed by atoms with Gasteiger partial charge in [0.05, 0.1) is 16.8 Å². The SMILES string of the molecule is CC(C)(C)c1ccc2c(c1)B1c3cccc4c3N(c3cc(N5c6ccccc6C6(C)CCCCC56C)cc(c31)N2c1ccc(C(C)(C)C)cc1-c1ccccc1)C1(C)CCCCC41c1ccccc1. The summed E-state index contributed by atoms with van der Waals surface area (Å²) < 4.78 is 0. The van der Waals surface area contributed by atoms with Crippen molar-refractivity contribution in [1.29, 1.82) is 0 Å². The maximum atomic E-state index is 2.95. The Morgan fingerprint density at radius 1 is 0.464 bits per heavy atom. The van der Waals surface area contributed by atoms with Gasteiger partial charge in [-0.05, 0) is 137 Å². The molecule has 4 heterocycles. The lowest BCUT2D eigenvalue weighted by molar-refractivity contribution is 0.195. The normalized spacial score (nSPS) is 25.1. The van der Waals surface area contributed by atoms with Crippen LogP contribution in [0.1, 0.15) is 141 Å². The quantitative estimate of drug-likeness (QED) is 0.163. The summed E-state index contributed by atoms with van der Waals surface area (Å²) >= 11 is 0. The summed E-state index contributed by atoms with van der Waals surface area (Å²) in [4.78, 5) is 8.51. The first-order valence-electron chi connectivity index (χ1n) is 26.3. The lowest BCUT2D eigenvalue weighted by Gasteiger charge is -2.54. The zero-order valence-electron chi connectivity index (χ0n) is 42.5. The van der Waals surface area contributed by atoms with Crippen LogP contribution in [0.4, 0.5) is 39.8 Å². The second-order valence-corrected chi connectivity index (χ2v) is 24.5. The molecule has 7 aromatic carbocycles. The summed E-state index contributed by atoms with van der Waals surface area (Å²) in [5, 5.41) is 0. The molecule has 0 bridgehead atoms. The van der Waals surface area contributed by atoms with Crippen molar-refractivity contribution in [2.24, 2.45) is 0 Å². The maximum absolute atomic E-state index is 2.95. The van der Waals surface area contributed by atoms with Crippen molar-refractivity contribution in [3.05, 3.63) is 179 Å². The molecule has 0 radical (unpaired) electrons. The van der Waals surface area contributed by atoms with Crippen LogP contribution in [0.25, 0.3) is 11.1 Å². The molecule has 2 saturated carbocycles. The summed E-state index contributed by atoms with van der Waals surface area (Å²) in [6.45, 7) is 22.1. The van der Waals surface area contributed by atoms with Crippen molar-refractivity contribution < 1.29 is 0 Å². The fraction of sp³-hybridized carbons (Fsp3) is 0.354. The molecule has 6 aliphatic rings. The monoisotopic (exact) mass is 902 g/mol. The van der Waals surface area contributed by atoms with E-state index in [1.54, 1.807) is 0 Å². The number of benzene rings is 7. The molecule has 69 heavy (non-hydrogen) atoms. The summed E-state index contributed by atoms with van der Waals surface area (Å²) in [7, 11) is 0. The summed E-state index contributed by atoms with van der Waals surface area (Å²) in [6, 6.07) is 60.1. The third kappa shape index (κ3) is 5.64. The van der Waals surface area contributed by atoms with Crippen molar-refractivity contribution in [2.45, 2.75) is 146 Å². The first-order chi connectivity index (χ1) is 33.1. The highest BCUT2D eigenvalue weighted by atomic mass is 15.3. The Labute approximate surface area is 412 Å². The van der Waals surface area contributed by atoms with Gasteiger partial charge in [0.25, 0.3) is 6.71 Å². The summed E-state index contributed by atoms with van der Waals surface area (Å²) in [5.74, 6) is 0. The van der Waals surface area contributed by atoms with Crippen LogP contribution in [-0.2, 0) is 21.7 Å². The predicted molar refractivity (Wildman–Crippen MR) is 294 cm³/mol. The van der Waals surface area contributed by atoms with Crippen molar-refractivity contribution in [3.8, 4) is 11.1 Å². The molecule has 4 heteroatoms. The second-order valence-electron chi connectivity index (χ2n) is 24.5. The Morgan fingerprint density at radius 3 is 1.81 bits per heavy atom. The smallest absolute Gasteiger partial charge is 0.252 e. The number of rotatable bonds is 4. The van der Waals surface area contributed by atoms with Gasteiger partial charge in [-0.3, -0.25) is 0 Å². The van der Waals surface area contributed by atoms with E-state index in [-0.39, 0.29) is 39.5 Å². The molecule has 346 valence electrons. The van der Waals surface area contributed by atoms with Crippen molar-refractivity contribution in [1.82, 2.24) is 0 Å². The molecule has 2 fully saturated rings. The highest BCUT2D eigenvalue weighted by Gasteiger charge is 2.65. The topological polar surface area (TPSA) is 9.72 Å². The van der Waals surface area contributed by atoms with E-state index in [1.165, 1.54) is 127 Å². The zero-order valence-corrected chi connectivity index (χ0v) is 42.5. The van der Waals surface area contributed by atoms with E-state index in [1.807, 2.05) is 0 Å². The first kappa shape index (κ1) is 43.1. The lowest BCUT2D eigenvalue weighted by atomic mass is 9.33. The minimum absolute atomic E-state index is 0.0171. The Morgan fingerprint density at radius 2 is 1.07 bits per heavy atom. The second kappa shape index (κ2) is 14.5. The third-order valence-electron chi connectivity index (χ3n) is 19.0. The molecule has 4 atom stereocenters. The molecule has 0 N–H and O–H groups in total. The Bertz CT molecular complexity index is 3230. The molecule has 0 amide bonds. The van der Waals surface area contributed by atoms with E-state index >= 15 is 0 Å². The van der Waals surface area contributed by atoms with E-state index in [4.69, 9.17) is 0 Å². The predicted octanol–water partition coefficient (Wildman–Crippen LogP) is 15.1. The Balaban J connectivity index is 1.18.